The van der Waals surface area contributed by atoms with Crippen LogP contribution in [0.4, 0.5) is 0 Å². The lowest BCUT2D eigenvalue weighted by Crippen LogP contribution is -2.01. The van der Waals surface area contributed by atoms with Crippen LogP contribution in [0.15, 0.2) is 65.7 Å². The predicted octanol–water partition coefficient (Wildman–Crippen LogP) is 5.11. The molecule has 1 N–H and O–H groups in total. The normalized spacial score (nSPS) is 13.0. The molecule has 0 radical (unpaired) electrons. The third kappa shape index (κ3) is 3.09. The molecule has 0 saturated heterocycles. The van der Waals surface area contributed by atoms with E-state index in [1.165, 1.54) is 0 Å². The molecule has 4 nitrogen and oxygen atoms in total. The Bertz CT molecular complexity index is 1080. The smallest absolute Gasteiger partial charge is 0.339 e. The van der Waals surface area contributed by atoms with Gasteiger partial charge in [0, 0.05) is 6.21 Å². The number of hydrogen-bond acceptors (Lipinski definition) is 3. The van der Waals surface area contributed by atoms with E-state index < -0.39 is 5.97 Å². The van der Waals surface area contributed by atoms with Gasteiger partial charge in [-0.15, -0.1) is 0 Å². The van der Waals surface area contributed by atoms with E-state index in [1.54, 1.807) is 18.3 Å². The van der Waals surface area contributed by atoms with Gasteiger partial charge in [0.25, 0.3) is 0 Å². The fourth-order valence-electron chi connectivity index (χ4n) is 3.05. The predicted molar refractivity (Wildman–Crippen MR) is 103 cm³/mol. The Morgan fingerprint density at radius 1 is 1.04 bits per heavy atom. The van der Waals surface area contributed by atoms with Crippen LogP contribution in [0.1, 0.15) is 21.5 Å². The van der Waals surface area contributed by atoms with Gasteiger partial charge in [0.2, 0.25) is 0 Å². The van der Waals surface area contributed by atoms with Crippen LogP contribution in [0.25, 0.3) is 16.3 Å². The molecule has 1 aliphatic rings. The number of allylic oxidation sites excluding steroid dienone is 1. The molecule has 0 aliphatic carbocycles. The summed E-state index contributed by atoms with van der Waals surface area (Å²) in [6, 6.07) is 17.1. The molecule has 0 fully saturated rings. The molecule has 0 saturated carbocycles. The quantitative estimate of drug-likeness (QED) is 0.716. The number of benzene rings is 3. The Hall–Kier alpha value is -3.40. The zero-order chi connectivity index (χ0) is 18.1. The second-order valence-corrected chi connectivity index (χ2v) is 6.28. The van der Waals surface area contributed by atoms with Gasteiger partial charge in [-0.05, 0) is 53.1 Å². The minimum absolute atomic E-state index is 0.132. The van der Waals surface area contributed by atoms with Crippen LogP contribution in [-0.4, -0.2) is 23.8 Å². The molecule has 0 unspecified atom stereocenters. The van der Waals surface area contributed by atoms with Gasteiger partial charge in [0.05, 0.1) is 6.54 Å². The van der Waals surface area contributed by atoms with Crippen molar-refractivity contribution in [2.75, 3.05) is 6.54 Å². The third-order valence-corrected chi connectivity index (χ3v) is 4.39. The average Bonchev–Trinajstić information content (AvgIpc) is 3.16. The third-order valence-electron chi connectivity index (χ3n) is 4.39. The number of aryl methyl sites for hydroxylation is 1. The maximum atomic E-state index is 11.7. The van der Waals surface area contributed by atoms with Crippen molar-refractivity contribution in [3.05, 3.63) is 77.4 Å². The van der Waals surface area contributed by atoms with Gasteiger partial charge in [0.1, 0.15) is 17.1 Å². The monoisotopic (exact) mass is 343 g/mol. The Labute approximate surface area is 151 Å². The van der Waals surface area contributed by atoms with Gasteiger partial charge >= 0.3 is 5.97 Å². The van der Waals surface area contributed by atoms with E-state index in [-0.39, 0.29) is 5.56 Å². The number of nitrogens with zero attached hydrogens (tertiary/aromatic N) is 1. The van der Waals surface area contributed by atoms with Gasteiger partial charge in [-0.1, -0.05) is 42.0 Å². The summed E-state index contributed by atoms with van der Waals surface area (Å²) in [4.78, 5) is 15.8. The Morgan fingerprint density at radius 3 is 2.65 bits per heavy atom. The lowest BCUT2D eigenvalue weighted by atomic mass is 10.0. The van der Waals surface area contributed by atoms with E-state index in [4.69, 9.17) is 4.74 Å². The summed E-state index contributed by atoms with van der Waals surface area (Å²) in [6.45, 7) is 2.67. The van der Waals surface area contributed by atoms with Crippen LogP contribution >= 0.6 is 0 Å². The molecular weight excluding hydrogens is 326 g/mol. The molecule has 128 valence electrons. The number of aliphatic imine (C=N–C) groups is 1. The van der Waals surface area contributed by atoms with Crippen LogP contribution in [0.2, 0.25) is 0 Å². The van der Waals surface area contributed by atoms with Crippen molar-refractivity contribution in [2.45, 2.75) is 6.92 Å². The Morgan fingerprint density at radius 2 is 1.88 bits per heavy atom. The highest BCUT2D eigenvalue weighted by atomic mass is 16.5. The Balaban J connectivity index is 1.71. The number of carboxylic acid groups (broad SMARTS) is 1. The van der Waals surface area contributed by atoms with E-state index >= 15 is 0 Å². The number of hydrogen-bond donors (Lipinski definition) is 1. The summed E-state index contributed by atoms with van der Waals surface area (Å²) in [5.74, 6) is -0.0854. The maximum Gasteiger partial charge on any atom is 0.339 e. The fraction of sp³-hybridized carbons (Fsp3) is 0.0909. The molecule has 4 rings (SSSR count). The molecule has 4 heteroatoms. The summed E-state index contributed by atoms with van der Waals surface area (Å²) in [5, 5.41) is 11.8. The second-order valence-electron chi connectivity index (χ2n) is 6.28. The highest BCUT2D eigenvalue weighted by Gasteiger charge is 2.15. The molecular formula is C22H17NO3. The molecule has 3 aromatic carbocycles. The number of rotatable bonds is 4. The van der Waals surface area contributed by atoms with Crippen molar-refractivity contribution in [3.63, 3.8) is 0 Å². The summed E-state index contributed by atoms with van der Waals surface area (Å²) < 4.78 is 5.90. The van der Waals surface area contributed by atoms with Gasteiger partial charge in [-0.2, -0.15) is 0 Å². The van der Waals surface area contributed by atoms with Crippen molar-refractivity contribution in [1.82, 2.24) is 0 Å². The van der Waals surface area contributed by atoms with Crippen LogP contribution in [0.3, 0.4) is 0 Å². The van der Waals surface area contributed by atoms with Crippen molar-refractivity contribution >= 4 is 28.5 Å². The maximum absolute atomic E-state index is 11.7. The van der Waals surface area contributed by atoms with E-state index in [0.717, 1.165) is 27.5 Å². The molecule has 1 heterocycles. The lowest BCUT2D eigenvalue weighted by molar-refractivity contribution is 0.0694. The zero-order valence-electron chi connectivity index (χ0n) is 14.3. The lowest BCUT2D eigenvalue weighted by Gasteiger charge is -2.11. The largest absolute Gasteiger partial charge is 0.478 e. The summed E-state index contributed by atoms with van der Waals surface area (Å²) in [6.07, 6.45) is 3.72. The highest BCUT2D eigenvalue weighted by molar-refractivity contribution is 6.12. The Kier molecular flexibility index (Phi) is 4.01. The highest BCUT2D eigenvalue weighted by Crippen LogP contribution is 2.31. The standard InChI is InChI=1S/C22H17NO3/c1-14-2-3-15-4-6-19(11-18(15)10-14)26-21-7-5-16(12-20(21)22(24)25)17-8-9-23-13-17/h2-8,10-13H,9H2,1H3,(H,24,25). The summed E-state index contributed by atoms with van der Waals surface area (Å²) in [7, 11) is 0. The number of aromatic carboxylic acids is 1. The first-order valence-electron chi connectivity index (χ1n) is 8.36. The summed E-state index contributed by atoms with van der Waals surface area (Å²) in [5.41, 5.74) is 3.05. The van der Waals surface area contributed by atoms with Gasteiger partial charge in [-0.25, -0.2) is 4.79 Å². The molecule has 26 heavy (non-hydrogen) atoms. The van der Waals surface area contributed by atoms with E-state index in [0.29, 0.717) is 18.0 Å². The SMILES string of the molecule is Cc1ccc2ccc(Oc3ccc(C4=CCN=C4)cc3C(=O)O)cc2c1. The first-order valence-corrected chi connectivity index (χ1v) is 8.36. The number of fused-ring (bicyclic) bond motifs is 1. The minimum Gasteiger partial charge on any atom is -0.478 e. The van der Waals surface area contributed by atoms with E-state index in [1.807, 2.05) is 37.3 Å². The van der Waals surface area contributed by atoms with Crippen molar-refractivity contribution < 1.29 is 14.6 Å². The van der Waals surface area contributed by atoms with Crippen molar-refractivity contribution in [1.29, 1.82) is 0 Å². The average molecular weight is 343 g/mol. The molecule has 0 bridgehead atoms. The molecule has 0 aromatic heterocycles. The molecule has 0 spiro atoms. The van der Waals surface area contributed by atoms with Gasteiger partial charge in [-0.3, -0.25) is 4.99 Å². The molecule has 0 atom stereocenters. The van der Waals surface area contributed by atoms with E-state index in [2.05, 4.69) is 23.2 Å². The first kappa shape index (κ1) is 16.1. The number of carboxylic acids is 1. The van der Waals surface area contributed by atoms with Crippen LogP contribution < -0.4 is 4.74 Å². The van der Waals surface area contributed by atoms with Gasteiger partial charge < -0.3 is 9.84 Å². The van der Waals surface area contributed by atoms with Crippen LogP contribution in [0, 0.1) is 6.92 Å². The zero-order valence-corrected chi connectivity index (χ0v) is 14.3. The second kappa shape index (κ2) is 6.48. The number of carbonyl (C=O) groups is 1. The molecule has 0 amide bonds. The fourth-order valence-corrected chi connectivity index (χ4v) is 3.05. The van der Waals surface area contributed by atoms with E-state index in [9.17, 15) is 9.90 Å². The molecule has 1 aliphatic heterocycles. The topological polar surface area (TPSA) is 58.9 Å². The van der Waals surface area contributed by atoms with Crippen molar-refractivity contribution in [3.8, 4) is 11.5 Å². The van der Waals surface area contributed by atoms with Crippen molar-refractivity contribution in [2.24, 2.45) is 4.99 Å². The van der Waals surface area contributed by atoms with Crippen LogP contribution in [-0.2, 0) is 0 Å². The minimum atomic E-state index is -1.02. The first-order chi connectivity index (χ1) is 12.6. The molecule has 3 aromatic rings. The van der Waals surface area contributed by atoms with Crippen LogP contribution in [0.5, 0.6) is 11.5 Å². The summed E-state index contributed by atoms with van der Waals surface area (Å²) >= 11 is 0. The number of ether oxygens (including phenoxy) is 1. The van der Waals surface area contributed by atoms with Gasteiger partial charge in [0.15, 0.2) is 0 Å².